The highest BCUT2D eigenvalue weighted by Crippen LogP contribution is 2.22. The zero-order valence-corrected chi connectivity index (χ0v) is 17.4. The van der Waals surface area contributed by atoms with E-state index < -0.39 is 11.9 Å². The number of nitrogens with one attached hydrogen (secondary N) is 1. The fourth-order valence-electron chi connectivity index (χ4n) is 3.14. The van der Waals surface area contributed by atoms with Crippen molar-refractivity contribution in [2.24, 2.45) is 5.92 Å². The second-order valence-electron chi connectivity index (χ2n) is 7.13. The van der Waals surface area contributed by atoms with Gasteiger partial charge in [-0.1, -0.05) is 38.5 Å². The highest BCUT2D eigenvalue weighted by Gasteiger charge is 2.17. The molecule has 0 saturated carbocycles. The van der Waals surface area contributed by atoms with Crippen LogP contribution < -0.4 is 10.1 Å². The van der Waals surface area contributed by atoms with Crippen molar-refractivity contribution in [3.63, 3.8) is 0 Å². The molecule has 0 radical (unpaired) electrons. The average Bonchev–Trinajstić information content (AvgIpc) is 2.74. The van der Waals surface area contributed by atoms with Crippen LogP contribution in [0.2, 0.25) is 0 Å². The highest BCUT2D eigenvalue weighted by molar-refractivity contribution is 5.92. The SMILES string of the molecule is CCCCc1ccc(C(=O)NCc2cc(CC(CC)C(=O)O)ccc2OC)nc1. The summed E-state index contributed by atoms with van der Waals surface area (Å²) in [5.74, 6) is -0.829. The van der Waals surface area contributed by atoms with Crippen LogP contribution in [-0.2, 0) is 24.2 Å². The van der Waals surface area contributed by atoms with E-state index in [1.165, 1.54) is 0 Å². The van der Waals surface area contributed by atoms with Gasteiger partial charge in [0, 0.05) is 18.3 Å². The maximum atomic E-state index is 12.4. The normalized spacial score (nSPS) is 11.7. The molecule has 1 heterocycles. The van der Waals surface area contributed by atoms with Crippen molar-refractivity contribution in [1.29, 1.82) is 0 Å². The molecular weight excluding hydrogens is 368 g/mol. The second kappa shape index (κ2) is 11.2. The highest BCUT2D eigenvalue weighted by atomic mass is 16.5. The lowest BCUT2D eigenvalue weighted by molar-refractivity contribution is -0.141. The van der Waals surface area contributed by atoms with E-state index in [0.29, 0.717) is 24.3 Å². The predicted molar refractivity (Wildman–Crippen MR) is 112 cm³/mol. The molecule has 0 bridgehead atoms. The van der Waals surface area contributed by atoms with E-state index in [0.717, 1.165) is 36.0 Å². The summed E-state index contributed by atoms with van der Waals surface area (Å²) in [4.78, 5) is 28.0. The van der Waals surface area contributed by atoms with E-state index >= 15 is 0 Å². The number of carboxylic acids is 1. The number of carbonyl (C=O) groups is 2. The lowest BCUT2D eigenvalue weighted by Crippen LogP contribution is -2.24. The lowest BCUT2D eigenvalue weighted by Gasteiger charge is -2.14. The third-order valence-electron chi connectivity index (χ3n) is 4.98. The minimum atomic E-state index is -0.799. The summed E-state index contributed by atoms with van der Waals surface area (Å²) in [5, 5.41) is 12.2. The number of ether oxygens (including phenoxy) is 1. The minimum absolute atomic E-state index is 0.253. The van der Waals surface area contributed by atoms with Crippen molar-refractivity contribution in [2.75, 3.05) is 7.11 Å². The zero-order chi connectivity index (χ0) is 21.2. The summed E-state index contributed by atoms with van der Waals surface area (Å²) in [6, 6.07) is 9.26. The van der Waals surface area contributed by atoms with E-state index in [4.69, 9.17) is 4.74 Å². The minimum Gasteiger partial charge on any atom is -0.496 e. The monoisotopic (exact) mass is 398 g/mol. The number of aliphatic carboxylic acids is 1. The Bertz CT molecular complexity index is 818. The van der Waals surface area contributed by atoms with Crippen molar-refractivity contribution in [1.82, 2.24) is 10.3 Å². The molecule has 6 heteroatoms. The first-order valence-corrected chi connectivity index (χ1v) is 10.1. The molecule has 1 unspecified atom stereocenters. The van der Waals surface area contributed by atoms with E-state index in [-0.39, 0.29) is 12.5 Å². The molecule has 2 rings (SSSR count). The fourth-order valence-corrected chi connectivity index (χ4v) is 3.14. The van der Waals surface area contributed by atoms with E-state index in [9.17, 15) is 14.7 Å². The Kier molecular flexibility index (Phi) is 8.65. The van der Waals surface area contributed by atoms with Gasteiger partial charge >= 0.3 is 5.97 Å². The van der Waals surface area contributed by atoms with Crippen LogP contribution in [0.4, 0.5) is 0 Å². The Morgan fingerprint density at radius 1 is 1.17 bits per heavy atom. The molecule has 0 aliphatic heterocycles. The van der Waals surface area contributed by atoms with Gasteiger partial charge in [0.1, 0.15) is 11.4 Å². The molecule has 0 aliphatic rings. The quantitative estimate of drug-likeness (QED) is 0.597. The van der Waals surface area contributed by atoms with Crippen LogP contribution in [0.25, 0.3) is 0 Å². The van der Waals surface area contributed by atoms with Gasteiger partial charge in [-0.05, 0) is 48.9 Å². The molecule has 1 aromatic carbocycles. The molecule has 1 atom stereocenters. The van der Waals surface area contributed by atoms with Crippen LogP contribution in [0.3, 0.4) is 0 Å². The first-order valence-electron chi connectivity index (χ1n) is 10.1. The van der Waals surface area contributed by atoms with Gasteiger partial charge in [-0.15, -0.1) is 0 Å². The van der Waals surface area contributed by atoms with Crippen LogP contribution in [0.1, 0.15) is 60.3 Å². The fraction of sp³-hybridized carbons (Fsp3) is 0.435. The first kappa shape index (κ1) is 22.4. The average molecular weight is 399 g/mol. The van der Waals surface area contributed by atoms with Gasteiger partial charge in [0.05, 0.1) is 13.0 Å². The van der Waals surface area contributed by atoms with E-state index in [1.807, 2.05) is 31.2 Å². The Morgan fingerprint density at radius 3 is 2.52 bits per heavy atom. The van der Waals surface area contributed by atoms with Gasteiger partial charge in [0.25, 0.3) is 5.91 Å². The van der Waals surface area contributed by atoms with Crippen molar-refractivity contribution >= 4 is 11.9 Å². The largest absolute Gasteiger partial charge is 0.496 e. The number of hydrogen-bond acceptors (Lipinski definition) is 4. The van der Waals surface area contributed by atoms with Crippen molar-refractivity contribution in [3.05, 3.63) is 58.9 Å². The Morgan fingerprint density at radius 2 is 1.93 bits per heavy atom. The third kappa shape index (κ3) is 6.59. The maximum absolute atomic E-state index is 12.4. The Hall–Kier alpha value is -2.89. The lowest BCUT2D eigenvalue weighted by atomic mass is 9.95. The number of aromatic nitrogens is 1. The molecule has 1 amide bonds. The molecule has 2 N–H and O–H groups in total. The Labute approximate surface area is 172 Å². The van der Waals surface area contributed by atoms with Gasteiger partial charge in [0.2, 0.25) is 0 Å². The zero-order valence-electron chi connectivity index (χ0n) is 17.4. The molecule has 0 aliphatic carbocycles. The number of carboxylic acid groups (broad SMARTS) is 1. The summed E-state index contributed by atoms with van der Waals surface area (Å²) in [6.07, 6.45) is 5.94. The maximum Gasteiger partial charge on any atom is 0.306 e. The van der Waals surface area contributed by atoms with Crippen molar-refractivity contribution in [3.8, 4) is 5.75 Å². The van der Waals surface area contributed by atoms with Crippen molar-refractivity contribution in [2.45, 2.75) is 52.5 Å². The van der Waals surface area contributed by atoms with Crippen LogP contribution in [0, 0.1) is 5.92 Å². The number of carbonyl (C=O) groups excluding carboxylic acids is 1. The Balaban J connectivity index is 2.05. The number of methoxy groups -OCH3 is 1. The number of nitrogens with zero attached hydrogens (tertiary/aromatic N) is 1. The number of pyridine rings is 1. The molecule has 0 fully saturated rings. The molecular formula is C23H30N2O4. The van der Waals surface area contributed by atoms with Gasteiger partial charge in [-0.2, -0.15) is 0 Å². The molecule has 156 valence electrons. The molecule has 0 saturated heterocycles. The van der Waals surface area contributed by atoms with Crippen LogP contribution in [-0.4, -0.2) is 29.1 Å². The second-order valence-corrected chi connectivity index (χ2v) is 7.13. The number of amides is 1. The van der Waals surface area contributed by atoms with Gasteiger partial charge < -0.3 is 15.2 Å². The third-order valence-corrected chi connectivity index (χ3v) is 4.98. The standard InChI is InChI=1S/C23H30N2O4/c1-4-6-7-16-8-10-20(24-14-16)22(26)25-15-19-13-17(9-11-21(19)29-3)12-18(5-2)23(27)28/h8-11,13-14,18H,4-7,12,15H2,1-3H3,(H,25,26)(H,27,28). The summed E-state index contributed by atoms with van der Waals surface area (Å²) >= 11 is 0. The summed E-state index contributed by atoms with van der Waals surface area (Å²) < 4.78 is 5.39. The van der Waals surface area contributed by atoms with Crippen molar-refractivity contribution < 1.29 is 19.4 Å². The number of rotatable bonds is 11. The molecule has 29 heavy (non-hydrogen) atoms. The number of unbranched alkanes of at least 4 members (excludes halogenated alkanes) is 1. The number of aryl methyl sites for hydroxylation is 1. The molecule has 2 aromatic rings. The van der Waals surface area contributed by atoms with Gasteiger partial charge in [-0.25, -0.2) is 0 Å². The van der Waals surface area contributed by atoms with Crippen LogP contribution in [0.5, 0.6) is 5.75 Å². The van der Waals surface area contributed by atoms with E-state index in [2.05, 4.69) is 17.2 Å². The topological polar surface area (TPSA) is 88.5 Å². The van der Waals surface area contributed by atoms with Crippen LogP contribution >= 0.6 is 0 Å². The smallest absolute Gasteiger partial charge is 0.306 e. The number of hydrogen-bond donors (Lipinski definition) is 2. The van der Waals surface area contributed by atoms with Gasteiger partial charge in [0.15, 0.2) is 0 Å². The molecule has 1 aromatic heterocycles. The number of benzene rings is 1. The summed E-state index contributed by atoms with van der Waals surface area (Å²) in [7, 11) is 1.57. The van der Waals surface area contributed by atoms with Crippen LogP contribution in [0.15, 0.2) is 36.5 Å². The summed E-state index contributed by atoms with van der Waals surface area (Å²) in [6.45, 7) is 4.28. The predicted octanol–water partition coefficient (Wildman–Crippen LogP) is 4.02. The molecule has 6 nitrogen and oxygen atoms in total. The van der Waals surface area contributed by atoms with E-state index in [1.54, 1.807) is 19.4 Å². The van der Waals surface area contributed by atoms with Gasteiger partial charge in [-0.3, -0.25) is 14.6 Å². The first-order chi connectivity index (χ1) is 14.0. The molecule has 0 spiro atoms. The summed E-state index contributed by atoms with van der Waals surface area (Å²) in [5.41, 5.74) is 3.21.